The SMILES string of the molecule is N#Cc1ccccc1S(=O)(=O)N1CCCC(C(=O)Nc2ccc(Cl)cn2)C1. The van der Waals surface area contributed by atoms with E-state index in [0.717, 1.165) is 0 Å². The predicted molar refractivity (Wildman–Crippen MR) is 101 cm³/mol. The lowest BCUT2D eigenvalue weighted by Crippen LogP contribution is -2.43. The minimum atomic E-state index is -3.85. The van der Waals surface area contributed by atoms with Crippen molar-refractivity contribution in [2.24, 2.45) is 5.92 Å². The number of aromatic nitrogens is 1. The van der Waals surface area contributed by atoms with Crippen LogP contribution in [-0.2, 0) is 14.8 Å². The lowest BCUT2D eigenvalue weighted by molar-refractivity contribution is -0.120. The van der Waals surface area contributed by atoms with Crippen LogP contribution in [0.3, 0.4) is 0 Å². The zero-order valence-corrected chi connectivity index (χ0v) is 15.9. The summed E-state index contributed by atoms with van der Waals surface area (Å²) in [6.07, 6.45) is 2.55. The first-order chi connectivity index (χ1) is 12.9. The second kappa shape index (κ2) is 8.05. The molecule has 0 bridgehead atoms. The first kappa shape index (κ1) is 19.3. The molecule has 1 amide bonds. The van der Waals surface area contributed by atoms with E-state index in [1.807, 2.05) is 6.07 Å². The summed E-state index contributed by atoms with van der Waals surface area (Å²) in [5, 5.41) is 12.3. The number of sulfonamides is 1. The monoisotopic (exact) mass is 404 g/mol. The molecule has 3 rings (SSSR count). The molecule has 0 saturated carbocycles. The van der Waals surface area contributed by atoms with Crippen LogP contribution >= 0.6 is 11.6 Å². The topological polar surface area (TPSA) is 103 Å². The fourth-order valence-electron chi connectivity index (χ4n) is 2.98. The molecule has 1 unspecified atom stereocenters. The molecule has 1 fully saturated rings. The second-order valence-electron chi connectivity index (χ2n) is 6.16. The summed E-state index contributed by atoms with van der Waals surface area (Å²) < 4.78 is 27.2. The Morgan fingerprint density at radius 3 is 2.78 bits per heavy atom. The van der Waals surface area contributed by atoms with Crippen molar-refractivity contribution in [1.29, 1.82) is 5.26 Å². The third-order valence-corrected chi connectivity index (χ3v) is 6.51. The van der Waals surface area contributed by atoms with E-state index in [-0.39, 0.29) is 22.9 Å². The van der Waals surface area contributed by atoms with E-state index < -0.39 is 15.9 Å². The van der Waals surface area contributed by atoms with Crippen LogP contribution in [0, 0.1) is 17.2 Å². The van der Waals surface area contributed by atoms with Crippen molar-refractivity contribution in [3.63, 3.8) is 0 Å². The van der Waals surface area contributed by atoms with E-state index in [2.05, 4.69) is 10.3 Å². The zero-order valence-electron chi connectivity index (χ0n) is 14.3. The molecule has 7 nitrogen and oxygen atoms in total. The summed E-state index contributed by atoms with van der Waals surface area (Å²) in [5.74, 6) is -0.433. The van der Waals surface area contributed by atoms with Crippen molar-refractivity contribution < 1.29 is 13.2 Å². The molecular formula is C18H17ClN4O3S. The molecule has 1 saturated heterocycles. The van der Waals surface area contributed by atoms with E-state index in [9.17, 15) is 18.5 Å². The van der Waals surface area contributed by atoms with Gasteiger partial charge in [-0.2, -0.15) is 9.57 Å². The number of piperidine rings is 1. The van der Waals surface area contributed by atoms with Gasteiger partial charge < -0.3 is 5.32 Å². The Labute approximate surface area is 162 Å². The Kier molecular flexibility index (Phi) is 5.75. The van der Waals surface area contributed by atoms with Gasteiger partial charge >= 0.3 is 0 Å². The average Bonchev–Trinajstić information content (AvgIpc) is 2.69. The highest BCUT2D eigenvalue weighted by atomic mass is 35.5. The van der Waals surface area contributed by atoms with Crippen LogP contribution < -0.4 is 5.32 Å². The highest BCUT2D eigenvalue weighted by Gasteiger charge is 2.34. The lowest BCUT2D eigenvalue weighted by Gasteiger charge is -2.31. The maximum absolute atomic E-state index is 12.9. The molecule has 1 atom stereocenters. The minimum Gasteiger partial charge on any atom is -0.310 e. The van der Waals surface area contributed by atoms with Crippen molar-refractivity contribution in [2.45, 2.75) is 17.7 Å². The highest BCUT2D eigenvalue weighted by Crippen LogP contribution is 2.26. The molecule has 1 aliphatic rings. The van der Waals surface area contributed by atoms with Gasteiger partial charge in [0, 0.05) is 19.3 Å². The maximum atomic E-state index is 12.9. The summed E-state index contributed by atoms with van der Waals surface area (Å²) >= 11 is 5.78. The van der Waals surface area contributed by atoms with Crippen molar-refractivity contribution in [3.8, 4) is 6.07 Å². The Hall–Kier alpha value is -2.47. The molecule has 27 heavy (non-hydrogen) atoms. The van der Waals surface area contributed by atoms with Crippen LogP contribution in [0.2, 0.25) is 5.02 Å². The lowest BCUT2D eigenvalue weighted by atomic mass is 9.99. The third-order valence-electron chi connectivity index (χ3n) is 4.36. The number of nitrogens with zero attached hydrogens (tertiary/aromatic N) is 3. The van der Waals surface area contributed by atoms with Gasteiger partial charge in [0.25, 0.3) is 0 Å². The van der Waals surface area contributed by atoms with Crippen molar-refractivity contribution in [2.75, 3.05) is 18.4 Å². The molecule has 1 N–H and O–H groups in total. The highest BCUT2D eigenvalue weighted by molar-refractivity contribution is 7.89. The zero-order chi connectivity index (χ0) is 19.4. The summed E-state index contributed by atoms with van der Waals surface area (Å²) in [6, 6.07) is 11.2. The number of nitrogens with one attached hydrogen (secondary N) is 1. The maximum Gasteiger partial charge on any atom is 0.244 e. The minimum absolute atomic E-state index is 0.0343. The van der Waals surface area contributed by atoms with Crippen LogP contribution in [0.4, 0.5) is 5.82 Å². The van der Waals surface area contributed by atoms with Gasteiger partial charge in [-0.25, -0.2) is 13.4 Å². The smallest absolute Gasteiger partial charge is 0.244 e. The molecule has 1 aliphatic heterocycles. The van der Waals surface area contributed by atoms with Crippen molar-refractivity contribution >= 4 is 33.3 Å². The Morgan fingerprint density at radius 1 is 1.30 bits per heavy atom. The van der Waals surface area contributed by atoms with E-state index in [0.29, 0.717) is 30.2 Å². The number of nitriles is 1. The number of carbonyl (C=O) groups is 1. The molecule has 140 valence electrons. The number of rotatable bonds is 4. The molecule has 1 aromatic carbocycles. The number of pyridine rings is 1. The number of halogens is 1. The number of hydrogen-bond donors (Lipinski definition) is 1. The fourth-order valence-corrected chi connectivity index (χ4v) is 4.75. The van der Waals surface area contributed by atoms with Crippen molar-refractivity contribution in [3.05, 3.63) is 53.2 Å². The predicted octanol–water partition coefficient (Wildman–Crippen LogP) is 2.65. The number of amides is 1. The molecule has 9 heteroatoms. The molecular weight excluding hydrogens is 388 g/mol. The van der Waals surface area contributed by atoms with Gasteiger partial charge in [0.15, 0.2) is 0 Å². The van der Waals surface area contributed by atoms with Gasteiger partial charge in [0.1, 0.15) is 11.9 Å². The van der Waals surface area contributed by atoms with Gasteiger partial charge in [-0.3, -0.25) is 4.79 Å². The number of carbonyl (C=O) groups excluding carboxylic acids is 1. The van der Waals surface area contributed by atoms with Crippen LogP contribution in [0.1, 0.15) is 18.4 Å². The number of benzene rings is 1. The first-order valence-electron chi connectivity index (χ1n) is 8.33. The number of hydrogen-bond acceptors (Lipinski definition) is 5. The van der Waals surface area contributed by atoms with E-state index in [4.69, 9.17) is 11.6 Å². The quantitative estimate of drug-likeness (QED) is 0.843. The molecule has 2 aromatic rings. The van der Waals surface area contributed by atoms with Crippen LogP contribution in [-0.4, -0.2) is 36.7 Å². The van der Waals surface area contributed by atoms with Gasteiger partial charge in [0.05, 0.1) is 21.4 Å². The largest absolute Gasteiger partial charge is 0.310 e. The van der Waals surface area contributed by atoms with Gasteiger partial charge in [-0.1, -0.05) is 23.7 Å². The van der Waals surface area contributed by atoms with E-state index in [1.165, 1.54) is 22.6 Å². The Balaban J connectivity index is 1.76. The third kappa shape index (κ3) is 4.27. The van der Waals surface area contributed by atoms with Gasteiger partial charge in [-0.05, 0) is 37.1 Å². The van der Waals surface area contributed by atoms with Crippen molar-refractivity contribution in [1.82, 2.24) is 9.29 Å². The normalized spacial score (nSPS) is 17.9. The molecule has 0 radical (unpaired) electrons. The average molecular weight is 405 g/mol. The fraction of sp³-hybridized carbons (Fsp3) is 0.278. The Morgan fingerprint density at radius 2 is 2.07 bits per heavy atom. The molecule has 0 aliphatic carbocycles. The second-order valence-corrected chi connectivity index (χ2v) is 8.50. The van der Waals surface area contributed by atoms with Crippen LogP contribution in [0.25, 0.3) is 0 Å². The standard InChI is InChI=1S/C18H17ClN4O3S/c19-15-7-8-17(21-11-15)22-18(24)14-5-3-9-23(12-14)27(25,26)16-6-2-1-4-13(16)10-20/h1-2,4,6-8,11,14H,3,5,9,12H2,(H,21,22,24). The van der Waals surface area contributed by atoms with Crippen LogP contribution in [0.5, 0.6) is 0 Å². The number of anilines is 1. The van der Waals surface area contributed by atoms with E-state index in [1.54, 1.807) is 24.3 Å². The first-order valence-corrected chi connectivity index (χ1v) is 10.2. The Bertz CT molecular complexity index is 986. The van der Waals surface area contributed by atoms with E-state index >= 15 is 0 Å². The molecule has 0 spiro atoms. The van der Waals surface area contributed by atoms with Crippen LogP contribution in [0.15, 0.2) is 47.5 Å². The van der Waals surface area contributed by atoms with Gasteiger partial charge in [0.2, 0.25) is 15.9 Å². The molecule has 2 heterocycles. The summed E-state index contributed by atoms with van der Waals surface area (Å²) in [5.41, 5.74) is 0.0921. The molecule has 1 aromatic heterocycles. The van der Waals surface area contributed by atoms with Gasteiger partial charge in [-0.15, -0.1) is 0 Å². The summed E-state index contributed by atoms with van der Waals surface area (Å²) in [6.45, 7) is 0.368. The summed E-state index contributed by atoms with van der Waals surface area (Å²) in [4.78, 5) is 16.5. The summed E-state index contributed by atoms with van der Waals surface area (Å²) in [7, 11) is -3.85.